The van der Waals surface area contributed by atoms with Gasteiger partial charge in [0, 0.05) is 46.0 Å². The summed E-state index contributed by atoms with van der Waals surface area (Å²) in [6.07, 6.45) is 2.09. The molecule has 2 aromatic heterocycles. The number of pyridine rings is 1. The van der Waals surface area contributed by atoms with Gasteiger partial charge in [-0.05, 0) is 120 Å². The first kappa shape index (κ1) is 50.4. The Balaban J connectivity index is 0.896. The molecule has 3 heterocycles. The highest BCUT2D eigenvalue weighted by atomic mass is 28.3. The summed E-state index contributed by atoms with van der Waals surface area (Å²) in [5.74, 6) is 2.40. The molecule has 12 rings (SSSR count). The molecule has 0 bridgehead atoms. The Hall–Kier alpha value is -8.45. The minimum absolute atomic E-state index is 0.00856. The molecule has 0 saturated carbocycles. The summed E-state index contributed by atoms with van der Waals surface area (Å²) in [6, 6.07) is 84.6. The van der Waals surface area contributed by atoms with E-state index < -0.39 is 8.07 Å². The summed E-state index contributed by atoms with van der Waals surface area (Å²) in [6.45, 7) is 21.4. The monoisotopic (exact) mass is 1030 g/mol. The third-order valence-electron chi connectivity index (χ3n) is 15.9. The van der Waals surface area contributed by atoms with E-state index in [-0.39, 0.29) is 16.2 Å². The molecule has 1 aliphatic rings. The van der Waals surface area contributed by atoms with Crippen LogP contribution in [0.5, 0.6) is 11.5 Å². The summed E-state index contributed by atoms with van der Waals surface area (Å²) < 4.78 is 9.19. The zero-order chi connectivity index (χ0) is 54.0. The highest BCUT2D eigenvalue weighted by Crippen LogP contribution is 2.47. The van der Waals surface area contributed by atoms with Crippen LogP contribution in [0.3, 0.4) is 0 Å². The summed E-state index contributed by atoms with van der Waals surface area (Å²) in [4.78, 5) is 10.2. The summed E-state index contributed by atoms with van der Waals surface area (Å²) >= 11 is 0. The van der Waals surface area contributed by atoms with Crippen molar-refractivity contribution >= 4 is 73.4 Å². The zero-order valence-corrected chi connectivity index (χ0v) is 47.4. The number of para-hydroxylation sites is 3. The molecule has 9 aromatic carbocycles. The van der Waals surface area contributed by atoms with Crippen LogP contribution in [0.2, 0.25) is 0 Å². The van der Waals surface area contributed by atoms with Crippen molar-refractivity contribution in [3.05, 3.63) is 253 Å². The van der Waals surface area contributed by atoms with Crippen LogP contribution >= 0.6 is 0 Å². The number of fused-ring (bicyclic) bond motifs is 4. The van der Waals surface area contributed by atoms with Gasteiger partial charge in [0.2, 0.25) is 0 Å². The van der Waals surface area contributed by atoms with E-state index >= 15 is 0 Å². The van der Waals surface area contributed by atoms with Crippen LogP contribution in [0.15, 0.2) is 237 Å². The minimum Gasteiger partial charge on any atom is -0.457 e. The molecule has 11 aromatic rings. The number of benzene rings is 9. The standard InChI is InChI=1S/C72H68N4OSi/c1-70(2,3)51-42-52(71(4,5)6)44-54(43-51)75-49-74(66-34-21-22-35-67(66)75)53-24-23-25-55(45-53)77-56-38-41-62-61-32-19-20-33-65(61)76(68(62)46-56)69-47-64(72(7,8)9)63(48-73-69)50-36-39-60(40-37-50)78(57-26-13-10-14-27-57,58-28-15-11-16-29-58)59-30-17-12-18-31-59/h10-48H,49H2,1-9H3. The lowest BCUT2D eigenvalue weighted by Crippen LogP contribution is -2.74. The minimum atomic E-state index is -2.68. The van der Waals surface area contributed by atoms with Crippen molar-refractivity contribution in [1.29, 1.82) is 0 Å². The van der Waals surface area contributed by atoms with Gasteiger partial charge in [0.15, 0.2) is 8.07 Å². The Morgan fingerprint density at radius 3 is 1.50 bits per heavy atom. The van der Waals surface area contributed by atoms with Crippen LogP contribution < -0.4 is 35.3 Å². The highest BCUT2D eigenvalue weighted by molar-refractivity contribution is 7.19. The molecular weight excluding hydrogens is 965 g/mol. The summed E-state index contributed by atoms with van der Waals surface area (Å²) in [5.41, 5.74) is 12.8. The molecule has 0 spiro atoms. The molecule has 5 nitrogen and oxygen atoms in total. The maximum Gasteiger partial charge on any atom is 0.179 e. The van der Waals surface area contributed by atoms with E-state index in [1.54, 1.807) is 0 Å². The lowest BCUT2D eigenvalue weighted by molar-refractivity contribution is 0.483. The van der Waals surface area contributed by atoms with Crippen molar-refractivity contribution in [2.45, 2.75) is 78.6 Å². The number of ether oxygens (including phenoxy) is 1. The first-order chi connectivity index (χ1) is 37.6. The Kier molecular flexibility index (Phi) is 12.6. The van der Waals surface area contributed by atoms with Gasteiger partial charge in [0.1, 0.15) is 24.0 Å². The molecule has 1 aliphatic heterocycles. The molecule has 6 heteroatoms. The van der Waals surface area contributed by atoms with Crippen LogP contribution in [0.25, 0.3) is 38.8 Å². The van der Waals surface area contributed by atoms with Gasteiger partial charge in [-0.25, -0.2) is 4.98 Å². The smallest absolute Gasteiger partial charge is 0.179 e. The van der Waals surface area contributed by atoms with E-state index in [1.807, 2.05) is 0 Å². The molecule has 0 atom stereocenters. The summed E-state index contributed by atoms with van der Waals surface area (Å²) in [7, 11) is -2.68. The molecule has 0 unspecified atom stereocenters. The number of hydrogen-bond acceptors (Lipinski definition) is 4. The van der Waals surface area contributed by atoms with Gasteiger partial charge < -0.3 is 14.5 Å². The molecular formula is C72H68N4OSi. The molecule has 78 heavy (non-hydrogen) atoms. The van der Waals surface area contributed by atoms with E-state index in [1.165, 1.54) is 59.9 Å². The third-order valence-corrected chi connectivity index (χ3v) is 20.7. The molecule has 0 radical (unpaired) electrons. The quantitative estimate of drug-likeness (QED) is 0.101. The van der Waals surface area contributed by atoms with Crippen LogP contribution in [0.1, 0.15) is 79.0 Å². The predicted molar refractivity (Wildman–Crippen MR) is 332 cm³/mol. The van der Waals surface area contributed by atoms with E-state index in [9.17, 15) is 0 Å². The van der Waals surface area contributed by atoms with Gasteiger partial charge in [-0.2, -0.15) is 0 Å². The van der Waals surface area contributed by atoms with Crippen molar-refractivity contribution in [1.82, 2.24) is 9.55 Å². The number of hydrogen-bond donors (Lipinski definition) is 0. The fourth-order valence-corrected chi connectivity index (χ4v) is 16.5. The van der Waals surface area contributed by atoms with Gasteiger partial charge in [-0.3, -0.25) is 4.57 Å². The Bertz CT molecular complexity index is 3850. The third kappa shape index (κ3) is 9.08. The molecule has 386 valence electrons. The van der Waals surface area contributed by atoms with Crippen molar-refractivity contribution in [3.8, 4) is 28.4 Å². The molecule has 0 saturated heterocycles. The Morgan fingerprint density at radius 2 is 0.923 bits per heavy atom. The number of aromatic nitrogens is 2. The normalized spacial score (nSPS) is 13.1. The number of rotatable bonds is 10. The second-order valence-corrected chi connectivity index (χ2v) is 28.0. The molecule has 0 N–H and O–H groups in total. The molecule has 0 fully saturated rings. The van der Waals surface area contributed by atoms with Crippen molar-refractivity contribution in [3.63, 3.8) is 0 Å². The van der Waals surface area contributed by atoms with E-state index in [2.05, 4.69) is 313 Å². The van der Waals surface area contributed by atoms with Gasteiger partial charge in [0.05, 0.1) is 22.4 Å². The maximum atomic E-state index is 6.88. The first-order valence-electron chi connectivity index (χ1n) is 27.5. The average Bonchev–Trinajstić information content (AvgIpc) is 4.19. The van der Waals surface area contributed by atoms with Crippen molar-refractivity contribution < 1.29 is 4.74 Å². The second kappa shape index (κ2) is 19.5. The van der Waals surface area contributed by atoms with Crippen LogP contribution in [0.4, 0.5) is 22.7 Å². The Morgan fingerprint density at radius 1 is 0.410 bits per heavy atom. The lowest BCUT2D eigenvalue weighted by atomic mass is 9.80. The second-order valence-electron chi connectivity index (χ2n) is 24.1. The zero-order valence-electron chi connectivity index (χ0n) is 46.4. The maximum absolute atomic E-state index is 6.88. The SMILES string of the molecule is CC(C)(C)c1cc(N2CN(c3cccc(Oc4ccc5c6ccccc6n(-c6cc(C(C)(C)C)c(-c7ccc([Si](c8ccccc8)(c8ccccc8)c8ccccc8)cc7)cn6)c5c4)c3)c3ccccc32)cc(C(C)(C)C)c1. The van der Waals surface area contributed by atoms with E-state index in [0.717, 1.165) is 50.6 Å². The summed E-state index contributed by atoms with van der Waals surface area (Å²) in [5, 5.41) is 7.73. The molecule has 0 aliphatic carbocycles. The van der Waals surface area contributed by atoms with Crippen LogP contribution in [0, 0.1) is 0 Å². The first-order valence-corrected chi connectivity index (χ1v) is 29.5. The lowest BCUT2D eigenvalue weighted by Gasteiger charge is -2.34. The highest BCUT2D eigenvalue weighted by Gasteiger charge is 2.41. The van der Waals surface area contributed by atoms with Crippen LogP contribution in [-0.2, 0) is 16.2 Å². The largest absolute Gasteiger partial charge is 0.457 e. The fourth-order valence-electron chi connectivity index (χ4n) is 11.8. The van der Waals surface area contributed by atoms with E-state index in [0.29, 0.717) is 6.67 Å². The Labute approximate surface area is 462 Å². The molecule has 0 amide bonds. The fraction of sp³-hybridized carbons (Fsp3) is 0.181. The van der Waals surface area contributed by atoms with Gasteiger partial charge in [0.25, 0.3) is 0 Å². The van der Waals surface area contributed by atoms with Crippen molar-refractivity contribution in [2.24, 2.45) is 0 Å². The van der Waals surface area contributed by atoms with E-state index in [4.69, 9.17) is 9.72 Å². The van der Waals surface area contributed by atoms with Crippen molar-refractivity contribution in [2.75, 3.05) is 16.5 Å². The van der Waals surface area contributed by atoms with Crippen LogP contribution in [-0.4, -0.2) is 24.3 Å². The predicted octanol–water partition coefficient (Wildman–Crippen LogP) is 16.2. The topological polar surface area (TPSA) is 33.5 Å². The number of nitrogens with zero attached hydrogens (tertiary/aromatic N) is 4. The van der Waals surface area contributed by atoms with Gasteiger partial charge in [-0.15, -0.1) is 0 Å². The average molecular weight is 1030 g/mol. The van der Waals surface area contributed by atoms with Gasteiger partial charge in [-0.1, -0.05) is 220 Å². The number of anilines is 4. The van der Waals surface area contributed by atoms with Gasteiger partial charge >= 0.3 is 0 Å².